The second kappa shape index (κ2) is 10.00. The number of unbranched alkanes of at least 4 members (excludes halogenated alkanes) is 7. The summed E-state index contributed by atoms with van der Waals surface area (Å²) in [4.78, 5) is 0. The van der Waals surface area contributed by atoms with Crippen LogP contribution >= 0.6 is 0 Å². The highest BCUT2D eigenvalue weighted by Crippen LogP contribution is 2.41. The molecule has 1 aromatic heterocycles. The van der Waals surface area contributed by atoms with Gasteiger partial charge >= 0.3 is 0 Å². The maximum atomic E-state index is 10.5. The lowest BCUT2D eigenvalue weighted by Crippen LogP contribution is -2.23. The van der Waals surface area contributed by atoms with E-state index in [-0.39, 0.29) is 5.41 Å². The Labute approximate surface area is 143 Å². The van der Waals surface area contributed by atoms with Gasteiger partial charge in [0, 0.05) is 12.6 Å². The zero-order valence-corrected chi connectivity index (χ0v) is 16.1. The van der Waals surface area contributed by atoms with Gasteiger partial charge in [0.25, 0.3) is 0 Å². The Morgan fingerprint density at radius 1 is 0.913 bits per heavy atom. The summed E-state index contributed by atoms with van der Waals surface area (Å²) in [5.74, 6) is 0.369. The minimum absolute atomic E-state index is 0.0579. The first-order valence-corrected chi connectivity index (χ1v) is 9.69. The number of aromatic hydroxyl groups is 1. The number of hydrogen-bond acceptors (Lipinski definition) is 2. The van der Waals surface area contributed by atoms with Gasteiger partial charge in [-0.1, -0.05) is 78.6 Å². The van der Waals surface area contributed by atoms with Crippen molar-refractivity contribution in [2.45, 2.75) is 104 Å². The van der Waals surface area contributed by atoms with E-state index in [4.69, 9.17) is 0 Å². The predicted octanol–water partition coefficient (Wildman–Crippen LogP) is 6.02. The minimum atomic E-state index is 0.0579. The van der Waals surface area contributed by atoms with E-state index in [2.05, 4.69) is 25.9 Å². The second-order valence-electron chi connectivity index (χ2n) is 7.44. The molecule has 0 spiro atoms. The van der Waals surface area contributed by atoms with E-state index in [1.807, 2.05) is 14.0 Å². The maximum absolute atomic E-state index is 10.5. The van der Waals surface area contributed by atoms with Gasteiger partial charge in [0.05, 0.1) is 5.69 Å². The number of rotatable bonds is 12. The SMILES string of the molecule is CCCCCCCC(C)(CCCCCC)c1c(C)nn(C)c1O. The third-order valence-corrected chi connectivity index (χ3v) is 5.21. The van der Waals surface area contributed by atoms with Crippen LogP contribution in [0, 0.1) is 6.92 Å². The van der Waals surface area contributed by atoms with Crippen LogP contribution in [-0.2, 0) is 12.5 Å². The molecule has 134 valence electrons. The predicted molar refractivity (Wildman–Crippen MR) is 99.1 cm³/mol. The first kappa shape index (κ1) is 20.1. The van der Waals surface area contributed by atoms with Crippen LogP contribution in [0.15, 0.2) is 0 Å². The van der Waals surface area contributed by atoms with Crippen molar-refractivity contribution in [3.63, 3.8) is 0 Å². The second-order valence-corrected chi connectivity index (χ2v) is 7.44. The van der Waals surface area contributed by atoms with Gasteiger partial charge in [-0.05, 0) is 25.2 Å². The molecule has 0 bridgehead atoms. The summed E-state index contributed by atoms with van der Waals surface area (Å²) >= 11 is 0. The van der Waals surface area contributed by atoms with Gasteiger partial charge in [-0.3, -0.25) is 0 Å². The van der Waals surface area contributed by atoms with Gasteiger partial charge in [-0.25, -0.2) is 4.68 Å². The van der Waals surface area contributed by atoms with Gasteiger partial charge in [0.1, 0.15) is 0 Å². The van der Waals surface area contributed by atoms with E-state index in [1.54, 1.807) is 4.68 Å². The van der Waals surface area contributed by atoms with E-state index in [9.17, 15) is 5.11 Å². The molecule has 3 nitrogen and oxygen atoms in total. The molecule has 0 radical (unpaired) electrons. The van der Waals surface area contributed by atoms with E-state index in [0.717, 1.165) is 24.1 Å². The summed E-state index contributed by atoms with van der Waals surface area (Å²) in [6.07, 6.45) is 13.9. The highest BCUT2D eigenvalue weighted by atomic mass is 16.3. The Hall–Kier alpha value is -0.990. The molecule has 0 aliphatic carbocycles. The first-order chi connectivity index (χ1) is 11.0. The summed E-state index contributed by atoms with van der Waals surface area (Å²) in [5.41, 5.74) is 2.14. The molecular weight excluding hydrogens is 284 g/mol. The van der Waals surface area contributed by atoms with Crippen LogP contribution in [0.5, 0.6) is 5.88 Å². The standard InChI is InChI=1S/C20H38N2O/c1-6-8-10-12-14-16-20(4,15-13-11-9-7-2)18-17(3)21-22(5)19(18)23/h23H,6-16H2,1-5H3. The van der Waals surface area contributed by atoms with Gasteiger partial charge in [-0.15, -0.1) is 0 Å². The Bertz CT molecular complexity index is 453. The molecule has 0 aliphatic rings. The average molecular weight is 323 g/mol. The number of nitrogens with zero attached hydrogens (tertiary/aromatic N) is 2. The van der Waals surface area contributed by atoms with Crippen LogP contribution in [0.2, 0.25) is 0 Å². The van der Waals surface area contributed by atoms with Crippen molar-refractivity contribution in [1.29, 1.82) is 0 Å². The minimum Gasteiger partial charge on any atom is -0.493 e. The Morgan fingerprint density at radius 3 is 1.83 bits per heavy atom. The maximum Gasteiger partial charge on any atom is 0.213 e. The highest BCUT2D eigenvalue weighted by molar-refractivity contribution is 5.37. The van der Waals surface area contributed by atoms with E-state index in [0.29, 0.717) is 5.88 Å². The molecule has 0 aromatic carbocycles. The van der Waals surface area contributed by atoms with Crippen LogP contribution in [0.3, 0.4) is 0 Å². The molecule has 0 fully saturated rings. The van der Waals surface area contributed by atoms with Crippen molar-refractivity contribution in [2.24, 2.45) is 7.05 Å². The van der Waals surface area contributed by atoms with Gasteiger partial charge in [0.2, 0.25) is 5.88 Å². The molecule has 0 aliphatic heterocycles. The molecule has 1 heterocycles. The average Bonchev–Trinajstić information content (AvgIpc) is 2.77. The molecular formula is C20H38N2O. The summed E-state index contributed by atoms with van der Waals surface area (Å²) in [6, 6.07) is 0. The highest BCUT2D eigenvalue weighted by Gasteiger charge is 2.32. The normalized spacial score (nSPS) is 14.1. The molecule has 1 N–H and O–H groups in total. The van der Waals surface area contributed by atoms with E-state index < -0.39 is 0 Å². The molecule has 3 heteroatoms. The third-order valence-electron chi connectivity index (χ3n) is 5.21. The summed E-state index contributed by atoms with van der Waals surface area (Å²) in [7, 11) is 1.84. The van der Waals surface area contributed by atoms with Crippen molar-refractivity contribution in [3.8, 4) is 5.88 Å². The largest absolute Gasteiger partial charge is 0.493 e. The van der Waals surface area contributed by atoms with Crippen molar-refractivity contribution in [1.82, 2.24) is 9.78 Å². The Morgan fingerprint density at radius 2 is 1.39 bits per heavy atom. The zero-order valence-electron chi connectivity index (χ0n) is 16.1. The van der Waals surface area contributed by atoms with Crippen molar-refractivity contribution in [2.75, 3.05) is 0 Å². The zero-order chi connectivity index (χ0) is 17.3. The molecule has 1 aromatic rings. The summed E-state index contributed by atoms with van der Waals surface area (Å²) in [6.45, 7) is 8.89. The molecule has 1 unspecified atom stereocenters. The number of hydrogen-bond donors (Lipinski definition) is 1. The lowest BCUT2D eigenvalue weighted by atomic mass is 9.74. The fourth-order valence-corrected chi connectivity index (χ4v) is 3.79. The lowest BCUT2D eigenvalue weighted by molar-refractivity contribution is 0.337. The number of aryl methyl sites for hydroxylation is 2. The van der Waals surface area contributed by atoms with Crippen LogP contribution in [0.1, 0.15) is 103 Å². The van der Waals surface area contributed by atoms with Crippen molar-refractivity contribution < 1.29 is 5.11 Å². The van der Waals surface area contributed by atoms with Crippen LogP contribution < -0.4 is 0 Å². The molecule has 1 atom stereocenters. The third kappa shape index (κ3) is 5.86. The topological polar surface area (TPSA) is 38.0 Å². The van der Waals surface area contributed by atoms with E-state index in [1.165, 1.54) is 57.8 Å². The van der Waals surface area contributed by atoms with Gasteiger partial charge < -0.3 is 5.11 Å². The van der Waals surface area contributed by atoms with Gasteiger partial charge in [0.15, 0.2) is 0 Å². The fourth-order valence-electron chi connectivity index (χ4n) is 3.79. The van der Waals surface area contributed by atoms with Crippen molar-refractivity contribution in [3.05, 3.63) is 11.3 Å². The molecule has 0 saturated carbocycles. The van der Waals surface area contributed by atoms with Crippen LogP contribution in [0.4, 0.5) is 0 Å². The van der Waals surface area contributed by atoms with Crippen molar-refractivity contribution >= 4 is 0 Å². The van der Waals surface area contributed by atoms with E-state index >= 15 is 0 Å². The smallest absolute Gasteiger partial charge is 0.213 e. The molecule has 0 saturated heterocycles. The molecule has 23 heavy (non-hydrogen) atoms. The van der Waals surface area contributed by atoms with Crippen LogP contribution in [0.25, 0.3) is 0 Å². The monoisotopic (exact) mass is 322 g/mol. The van der Waals surface area contributed by atoms with Crippen LogP contribution in [-0.4, -0.2) is 14.9 Å². The number of aromatic nitrogens is 2. The van der Waals surface area contributed by atoms with Gasteiger partial charge in [-0.2, -0.15) is 5.10 Å². The Balaban J connectivity index is 2.78. The summed E-state index contributed by atoms with van der Waals surface area (Å²) in [5, 5.41) is 14.9. The molecule has 0 amide bonds. The summed E-state index contributed by atoms with van der Waals surface area (Å²) < 4.78 is 1.63. The quantitative estimate of drug-likeness (QED) is 0.478. The first-order valence-electron chi connectivity index (χ1n) is 9.69. The Kier molecular flexibility index (Phi) is 8.72. The molecule has 1 rings (SSSR count). The fraction of sp³-hybridized carbons (Fsp3) is 0.850. The lowest BCUT2D eigenvalue weighted by Gasteiger charge is -2.30.